The Balaban J connectivity index is 1.46. The zero-order chi connectivity index (χ0) is 21.9. The van der Waals surface area contributed by atoms with Gasteiger partial charge in [0.2, 0.25) is 0 Å². The molecule has 0 radical (unpaired) electrons. The van der Waals surface area contributed by atoms with Gasteiger partial charge in [0.05, 0.1) is 5.69 Å². The largest absolute Gasteiger partial charge is 0.357 e. The first kappa shape index (κ1) is 21.5. The Kier molecular flexibility index (Phi) is 6.47. The summed E-state index contributed by atoms with van der Waals surface area (Å²) in [5.74, 6) is 2.55. The number of nitrogens with one attached hydrogen (secondary N) is 1. The third-order valence-corrected chi connectivity index (χ3v) is 7.37. The minimum atomic E-state index is 0.667. The van der Waals surface area contributed by atoms with Crippen LogP contribution < -0.4 is 10.2 Å². The topological polar surface area (TPSA) is 28.2 Å². The number of hydrogen-bond acceptors (Lipinski definition) is 3. The summed E-state index contributed by atoms with van der Waals surface area (Å²) in [4.78, 5) is 7.49. The van der Waals surface area contributed by atoms with Crippen molar-refractivity contribution in [2.24, 2.45) is 5.92 Å². The van der Waals surface area contributed by atoms with Crippen molar-refractivity contribution >= 4 is 17.4 Å². The zero-order valence-corrected chi connectivity index (χ0v) is 19.6. The number of hydrogen-bond donors (Lipinski definition) is 1. The molecule has 5 rings (SSSR count). The van der Waals surface area contributed by atoms with E-state index in [1.807, 2.05) is 6.07 Å². The number of benzene rings is 2. The molecule has 0 amide bonds. The Bertz CT molecular complexity index is 1050. The molecule has 0 unspecified atom stereocenters. The molecular formula is C28H32ClN3. The summed E-state index contributed by atoms with van der Waals surface area (Å²) in [6, 6.07) is 21.7. The van der Waals surface area contributed by atoms with Crippen LogP contribution in [0.4, 0.5) is 5.82 Å². The van der Waals surface area contributed by atoms with Gasteiger partial charge >= 0.3 is 0 Å². The van der Waals surface area contributed by atoms with Crippen LogP contribution in [0.1, 0.15) is 44.1 Å². The lowest BCUT2D eigenvalue weighted by Gasteiger charge is -2.31. The Hall–Kier alpha value is -2.36. The maximum atomic E-state index is 6.44. The molecule has 1 aromatic heterocycles. The number of aromatic nitrogens is 1. The minimum Gasteiger partial charge on any atom is -0.357 e. The van der Waals surface area contributed by atoms with Crippen LogP contribution in [0.15, 0.2) is 60.7 Å². The highest BCUT2D eigenvalue weighted by Gasteiger charge is 2.19. The van der Waals surface area contributed by atoms with Gasteiger partial charge in [0, 0.05) is 23.7 Å². The standard InChI is InChI=1S/C28H32ClN3/c1-20-13-17-32(18-14-20)28-4-2-3-27(31-28)26-19-24(29)9-10-25(26)23-7-5-21(6-8-23)22-11-15-30-16-12-22/h2-10,19-20,22,30H,11-18H2,1H3. The second-order valence-corrected chi connectivity index (χ2v) is 9.82. The first-order chi connectivity index (χ1) is 15.7. The number of nitrogens with zero attached hydrogens (tertiary/aromatic N) is 2. The smallest absolute Gasteiger partial charge is 0.129 e. The van der Waals surface area contributed by atoms with Gasteiger partial charge in [-0.2, -0.15) is 0 Å². The Morgan fingerprint density at radius 3 is 2.38 bits per heavy atom. The van der Waals surface area contributed by atoms with E-state index < -0.39 is 0 Å². The minimum absolute atomic E-state index is 0.667. The number of pyridine rings is 1. The monoisotopic (exact) mass is 445 g/mol. The quantitative estimate of drug-likeness (QED) is 0.480. The van der Waals surface area contributed by atoms with E-state index in [-0.39, 0.29) is 0 Å². The van der Waals surface area contributed by atoms with E-state index in [2.05, 4.69) is 71.7 Å². The van der Waals surface area contributed by atoms with Gasteiger partial charge in [0.1, 0.15) is 5.82 Å². The summed E-state index contributed by atoms with van der Waals surface area (Å²) in [7, 11) is 0. The second-order valence-electron chi connectivity index (χ2n) is 9.39. The SMILES string of the molecule is CC1CCN(c2cccc(-c3cc(Cl)ccc3-c3ccc(C4CCNCC4)cc3)n2)CC1. The maximum Gasteiger partial charge on any atom is 0.129 e. The molecule has 3 heterocycles. The molecule has 0 atom stereocenters. The zero-order valence-electron chi connectivity index (χ0n) is 18.9. The van der Waals surface area contributed by atoms with Gasteiger partial charge in [0.25, 0.3) is 0 Å². The van der Waals surface area contributed by atoms with Gasteiger partial charge in [-0.25, -0.2) is 4.98 Å². The molecule has 0 saturated carbocycles. The van der Waals surface area contributed by atoms with Crippen LogP contribution in [0.2, 0.25) is 5.02 Å². The summed E-state index contributed by atoms with van der Waals surface area (Å²) < 4.78 is 0. The van der Waals surface area contributed by atoms with E-state index in [4.69, 9.17) is 16.6 Å². The van der Waals surface area contributed by atoms with E-state index in [0.717, 1.165) is 54.2 Å². The highest BCUT2D eigenvalue weighted by molar-refractivity contribution is 6.31. The molecule has 2 aliphatic rings. The van der Waals surface area contributed by atoms with Crippen LogP contribution in [0.5, 0.6) is 0 Å². The van der Waals surface area contributed by atoms with Crippen molar-refractivity contribution < 1.29 is 0 Å². The second kappa shape index (κ2) is 9.64. The van der Waals surface area contributed by atoms with Gasteiger partial charge in [0.15, 0.2) is 0 Å². The molecule has 2 saturated heterocycles. The normalized spacial score (nSPS) is 18.1. The van der Waals surface area contributed by atoms with E-state index in [0.29, 0.717) is 5.92 Å². The molecule has 1 N–H and O–H groups in total. The number of anilines is 1. The molecule has 4 heteroatoms. The maximum absolute atomic E-state index is 6.44. The molecule has 3 nitrogen and oxygen atoms in total. The van der Waals surface area contributed by atoms with Crippen LogP contribution in [0.25, 0.3) is 22.4 Å². The highest BCUT2D eigenvalue weighted by Crippen LogP contribution is 2.36. The summed E-state index contributed by atoms with van der Waals surface area (Å²) in [6.07, 6.45) is 4.91. The summed E-state index contributed by atoms with van der Waals surface area (Å²) in [5, 5.41) is 4.20. The molecule has 0 bridgehead atoms. The van der Waals surface area contributed by atoms with Crippen LogP contribution in [-0.4, -0.2) is 31.2 Å². The predicted molar refractivity (Wildman–Crippen MR) is 136 cm³/mol. The Morgan fingerprint density at radius 2 is 1.62 bits per heavy atom. The molecule has 2 aliphatic heterocycles. The lowest BCUT2D eigenvalue weighted by atomic mass is 9.88. The van der Waals surface area contributed by atoms with Crippen molar-refractivity contribution in [1.29, 1.82) is 0 Å². The lowest BCUT2D eigenvalue weighted by Crippen LogP contribution is -2.33. The van der Waals surface area contributed by atoms with E-state index in [1.165, 1.54) is 42.4 Å². The van der Waals surface area contributed by atoms with Crippen molar-refractivity contribution in [3.63, 3.8) is 0 Å². The fraction of sp³-hybridized carbons (Fsp3) is 0.393. The van der Waals surface area contributed by atoms with Gasteiger partial charge in [-0.1, -0.05) is 54.9 Å². The molecule has 3 aromatic rings. The van der Waals surface area contributed by atoms with Gasteiger partial charge in [-0.05, 0) is 91.6 Å². The van der Waals surface area contributed by atoms with E-state index in [1.54, 1.807) is 0 Å². The van der Waals surface area contributed by atoms with Gasteiger partial charge < -0.3 is 10.2 Å². The Labute approximate surface area is 196 Å². The molecule has 0 aliphatic carbocycles. The Morgan fingerprint density at radius 1 is 0.875 bits per heavy atom. The molecule has 2 fully saturated rings. The summed E-state index contributed by atoms with van der Waals surface area (Å²) in [5.41, 5.74) is 5.93. The summed E-state index contributed by atoms with van der Waals surface area (Å²) >= 11 is 6.44. The highest BCUT2D eigenvalue weighted by atomic mass is 35.5. The number of piperidine rings is 2. The van der Waals surface area contributed by atoms with Crippen LogP contribution >= 0.6 is 11.6 Å². The van der Waals surface area contributed by atoms with E-state index in [9.17, 15) is 0 Å². The average Bonchev–Trinajstić information content (AvgIpc) is 2.85. The third kappa shape index (κ3) is 4.69. The van der Waals surface area contributed by atoms with Crippen molar-refractivity contribution in [1.82, 2.24) is 10.3 Å². The molecular weight excluding hydrogens is 414 g/mol. The van der Waals surface area contributed by atoms with Crippen molar-refractivity contribution in [2.45, 2.75) is 38.5 Å². The molecule has 166 valence electrons. The number of rotatable bonds is 4. The van der Waals surface area contributed by atoms with Crippen molar-refractivity contribution in [3.05, 3.63) is 71.2 Å². The first-order valence-corrected chi connectivity index (χ1v) is 12.4. The number of halogens is 1. The van der Waals surface area contributed by atoms with Crippen molar-refractivity contribution in [2.75, 3.05) is 31.1 Å². The third-order valence-electron chi connectivity index (χ3n) is 7.13. The average molecular weight is 446 g/mol. The van der Waals surface area contributed by atoms with Crippen molar-refractivity contribution in [3.8, 4) is 22.4 Å². The van der Waals surface area contributed by atoms with Gasteiger partial charge in [-0.3, -0.25) is 0 Å². The molecule has 0 spiro atoms. The lowest BCUT2D eigenvalue weighted by molar-refractivity contribution is 0.436. The fourth-order valence-corrected chi connectivity index (χ4v) is 5.23. The van der Waals surface area contributed by atoms with E-state index >= 15 is 0 Å². The van der Waals surface area contributed by atoms with Crippen LogP contribution in [0.3, 0.4) is 0 Å². The molecule has 2 aromatic carbocycles. The van der Waals surface area contributed by atoms with Gasteiger partial charge in [-0.15, -0.1) is 0 Å². The first-order valence-electron chi connectivity index (χ1n) is 12.0. The van der Waals surface area contributed by atoms with Crippen LogP contribution in [0, 0.1) is 5.92 Å². The van der Waals surface area contributed by atoms with Crippen LogP contribution in [-0.2, 0) is 0 Å². The fourth-order valence-electron chi connectivity index (χ4n) is 5.06. The predicted octanol–water partition coefficient (Wildman–Crippen LogP) is 6.77. The summed E-state index contributed by atoms with van der Waals surface area (Å²) in [6.45, 7) is 6.74. The molecule has 32 heavy (non-hydrogen) atoms.